The van der Waals surface area contributed by atoms with Gasteiger partial charge in [0.1, 0.15) is 109 Å². The van der Waals surface area contributed by atoms with Crippen molar-refractivity contribution in [3.8, 4) is 67.5 Å². The predicted molar refractivity (Wildman–Crippen MR) is 385 cm³/mol. The zero-order valence-electron chi connectivity index (χ0n) is 57.1. The number of aryl methyl sites for hydroxylation is 2. The van der Waals surface area contributed by atoms with Crippen LogP contribution >= 0.6 is 0 Å². The van der Waals surface area contributed by atoms with Crippen LogP contribution < -0.4 is 35.5 Å². The van der Waals surface area contributed by atoms with E-state index in [-0.39, 0.29) is 85.6 Å². The number of phenols is 1. The highest BCUT2D eigenvalue weighted by molar-refractivity contribution is 5.96. The maximum absolute atomic E-state index is 14.7. The highest BCUT2D eigenvalue weighted by atomic mass is 19.4. The van der Waals surface area contributed by atoms with E-state index >= 15 is 0 Å². The van der Waals surface area contributed by atoms with Gasteiger partial charge in [0.05, 0.1) is 30.3 Å². The van der Waals surface area contributed by atoms with Crippen LogP contribution in [0.5, 0.6) is 23.0 Å². The molecule has 0 spiro atoms. The highest BCUT2D eigenvalue weighted by Gasteiger charge is 2.31. The number of alkyl halides is 3. The molecule has 12 rings (SSSR count). The predicted octanol–water partition coefficient (Wildman–Crippen LogP) is 19.6. The fourth-order valence-electron chi connectivity index (χ4n) is 10.3. The van der Waals surface area contributed by atoms with Gasteiger partial charge in [-0.25, -0.2) is 65.5 Å². The molecular formula is C79H61F9N8O12. The Morgan fingerprint density at radius 1 is 0.407 bits per heavy atom. The van der Waals surface area contributed by atoms with Gasteiger partial charge in [0.2, 0.25) is 0 Å². The van der Waals surface area contributed by atoms with Gasteiger partial charge in [-0.3, -0.25) is 0 Å². The summed E-state index contributed by atoms with van der Waals surface area (Å²) in [6.07, 6.45) is 0.681. The molecule has 0 radical (unpaired) electrons. The van der Waals surface area contributed by atoms with Crippen LogP contribution in [0.1, 0.15) is 66.4 Å². The van der Waals surface area contributed by atoms with E-state index in [9.17, 15) is 79.1 Å². The second-order valence-electron chi connectivity index (χ2n) is 23.3. The number of anilines is 8. The molecule has 0 fully saturated rings. The van der Waals surface area contributed by atoms with E-state index in [0.717, 1.165) is 35.9 Å². The zero-order chi connectivity index (χ0) is 78.1. The average Bonchev–Trinajstić information content (AvgIpc) is 0.816. The summed E-state index contributed by atoms with van der Waals surface area (Å²) in [7, 11) is 1.57. The molecule has 0 bridgehead atoms. The summed E-state index contributed by atoms with van der Waals surface area (Å²) in [5, 5.41) is 56.7. The number of benzene rings is 8. The largest absolute Gasteiger partial charge is 0.573 e. The van der Waals surface area contributed by atoms with Crippen LogP contribution in [0, 0.1) is 48.8 Å². The molecule has 29 heteroatoms. The maximum Gasteiger partial charge on any atom is 0.573 e. The first kappa shape index (κ1) is 78.2. The molecule has 12 aromatic rings. The lowest BCUT2D eigenvalue weighted by Crippen LogP contribution is -2.17. The molecule has 0 saturated heterocycles. The van der Waals surface area contributed by atoms with E-state index in [1.807, 2.05) is 38.1 Å². The lowest BCUT2D eigenvalue weighted by molar-refractivity contribution is -0.274. The first-order chi connectivity index (χ1) is 51.4. The number of carboxylic acid groups (broad SMARTS) is 4. The Morgan fingerprint density at radius 3 is 1.39 bits per heavy atom. The van der Waals surface area contributed by atoms with Gasteiger partial charge >= 0.3 is 30.2 Å². The first-order valence-electron chi connectivity index (χ1n) is 31.9. The number of aromatic carboxylic acids is 4. The van der Waals surface area contributed by atoms with Gasteiger partial charge < -0.3 is 61.0 Å². The van der Waals surface area contributed by atoms with Gasteiger partial charge in [0.25, 0.3) is 0 Å². The van der Waals surface area contributed by atoms with Crippen LogP contribution in [0.4, 0.5) is 85.5 Å². The van der Waals surface area contributed by atoms with Crippen molar-refractivity contribution in [3.05, 3.63) is 287 Å². The number of rotatable bonds is 20. The summed E-state index contributed by atoms with van der Waals surface area (Å²) in [6, 6.07) is 46.1. The van der Waals surface area contributed by atoms with E-state index in [1.165, 1.54) is 140 Å². The number of phenolic OH excluding ortho intramolecular Hbond substituents is 1. The van der Waals surface area contributed by atoms with Crippen molar-refractivity contribution < 1.29 is 98.4 Å². The van der Waals surface area contributed by atoms with Crippen molar-refractivity contribution in [1.82, 2.24) is 19.9 Å². The summed E-state index contributed by atoms with van der Waals surface area (Å²) in [5.74, 6) is -8.44. The molecule has 4 aromatic heterocycles. The molecule has 0 saturated carbocycles. The number of nitrogens with zero attached hydrogens (tertiary/aromatic N) is 4. The molecule has 0 aliphatic rings. The number of carbonyl (C=O) groups is 4. The third-order valence-electron chi connectivity index (χ3n) is 15.2. The van der Waals surface area contributed by atoms with Gasteiger partial charge in [0.15, 0.2) is 0 Å². The zero-order valence-corrected chi connectivity index (χ0v) is 57.1. The fourth-order valence-corrected chi connectivity index (χ4v) is 10.3. The SMILES string of the molecule is CC(C)Oc1ccc(F)c(-c2ccc(Nc3ncccc3C(=O)O)c(F)c2)c1.COc1cccc(-c2ccc(Nc3ncc(C)cc3C(=O)O)c(F)c2)c1.Cc1cc(Nc2ncccc2C(=O)O)c(F)cc1-c1cccc(OC(F)(F)F)c1.O=C(O)c1cccnc1Nc1c(F)cc(-c2cccc(O)c2)cc1F. The lowest BCUT2D eigenvalue weighted by Gasteiger charge is -2.14. The number of aromatic hydroxyl groups is 1. The minimum atomic E-state index is -4.84. The molecule has 8 aromatic carbocycles. The summed E-state index contributed by atoms with van der Waals surface area (Å²) in [5.41, 5.74) is 3.85. The molecule has 0 unspecified atom stereocenters. The van der Waals surface area contributed by atoms with Gasteiger partial charge in [-0.2, -0.15) is 0 Å². The highest BCUT2D eigenvalue weighted by Crippen LogP contribution is 2.37. The first-order valence-corrected chi connectivity index (χ1v) is 31.9. The minimum Gasteiger partial charge on any atom is -0.508 e. The average molecular weight is 1490 g/mol. The molecular weight excluding hydrogens is 1420 g/mol. The number of hydrogen-bond acceptors (Lipinski definition) is 16. The van der Waals surface area contributed by atoms with E-state index in [4.69, 9.17) is 14.6 Å². The molecule has 0 atom stereocenters. The smallest absolute Gasteiger partial charge is 0.508 e. The van der Waals surface area contributed by atoms with E-state index in [0.29, 0.717) is 50.4 Å². The Labute approximate surface area is 609 Å². The molecule has 108 heavy (non-hydrogen) atoms. The standard InChI is InChI=1S/C21H18F2N2O3.C20H14F4N2O3.C20H17FN2O3.C18H12F2N2O3/c1-12(2)28-14-6-7-17(22)16(11-14)13-5-8-19(18(23)10-13)25-20-15(21(26)27)4-3-9-24-20;1-11-8-17(26-18-14(19(27)28)6-3-7-25-18)16(21)10-15(11)12-4-2-5-13(9-12)29-20(22,23)24;1-12-8-16(20(24)25)19(22-11-12)23-18-7-6-14(10-17(18)21)13-4-3-5-15(9-13)26-2;19-14-8-11(10-3-1-4-12(23)7-10)9-15(20)16(14)22-17-13(18(24)25)5-2-6-21-17/h3-12H,1-2H3,(H,24,25)(H,26,27);2-10H,1H3,(H,25,26)(H,27,28);3-11H,1-2H3,(H,22,23)(H,24,25);1-9,23H,(H,21,22)(H,24,25). The second kappa shape index (κ2) is 35.0. The molecule has 4 heterocycles. The monoisotopic (exact) mass is 1480 g/mol. The van der Waals surface area contributed by atoms with E-state index < -0.39 is 76.6 Å². The van der Waals surface area contributed by atoms with Gasteiger partial charge in [-0.05, 0) is 223 Å². The van der Waals surface area contributed by atoms with Crippen LogP contribution in [-0.2, 0) is 0 Å². The number of halogens is 9. The van der Waals surface area contributed by atoms with Gasteiger partial charge in [0, 0.05) is 30.4 Å². The maximum atomic E-state index is 14.7. The van der Waals surface area contributed by atoms with Crippen LogP contribution in [0.2, 0.25) is 0 Å². The lowest BCUT2D eigenvalue weighted by atomic mass is 9.99. The Hall–Kier alpha value is -14.0. The van der Waals surface area contributed by atoms with Crippen LogP contribution in [0.3, 0.4) is 0 Å². The summed E-state index contributed by atoms with van der Waals surface area (Å²) in [6.45, 7) is 7.10. The second-order valence-corrected chi connectivity index (χ2v) is 23.3. The number of ether oxygens (including phenoxy) is 3. The van der Waals surface area contributed by atoms with Crippen molar-refractivity contribution in [2.75, 3.05) is 28.4 Å². The number of nitrogens with one attached hydrogen (secondary N) is 4. The summed E-state index contributed by atoms with van der Waals surface area (Å²) >= 11 is 0. The molecule has 0 aliphatic carbocycles. The number of pyridine rings is 4. The number of aromatic nitrogens is 4. The quantitative estimate of drug-likeness (QED) is 0.0320. The number of carboxylic acids is 4. The third kappa shape index (κ3) is 20.7. The Morgan fingerprint density at radius 2 is 0.861 bits per heavy atom. The van der Waals surface area contributed by atoms with E-state index in [2.05, 4.69) is 45.9 Å². The van der Waals surface area contributed by atoms with Gasteiger partial charge in [-0.1, -0.05) is 48.5 Å². The molecule has 20 nitrogen and oxygen atoms in total. The van der Waals surface area contributed by atoms with Crippen LogP contribution in [0.25, 0.3) is 44.5 Å². The summed E-state index contributed by atoms with van der Waals surface area (Å²) < 4.78 is 139. The third-order valence-corrected chi connectivity index (χ3v) is 15.2. The van der Waals surface area contributed by atoms with Crippen molar-refractivity contribution >= 4 is 69.9 Å². The Balaban J connectivity index is 0.000000166. The fraction of sp³-hybridized carbons (Fsp3) is 0.0886. The Bertz CT molecular complexity index is 5300. The molecule has 9 N–H and O–H groups in total. The molecule has 0 amide bonds. The number of methoxy groups -OCH3 is 1. The topological polar surface area (TPSA) is 297 Å². The van der Waals surface area contributed by atoms with Crippen molar-refractivity contribution in [2.24, 2.45) is 0 Å². The van der Waals surface area contributed by atoms with Crippen LogP contribution in [-0.4, -0.2) is 88.9 Å². The minimum absolute atomic E-state index is 0.0127. The van der Waals surface area contributed by atoms with Crippen molar-refractivity contribution in [2.45, 2.75) is 40.2 Å². The summed E-state index contributed by atoms with van der Waals surface area (Å²) in [4.78, 5) is 60.8. The normalized spacial score (nSPS) is 10.7. The van der Waals surface area contributed by atoms with E-state index in [1.54, 1.807) is 45.2 Å². The van der Waals surface area contributed by atoms with Crippen molar-refractivity contribution in [1.29, 1.82) is 0 Å². The van der Waals surface area contributed by atoms with Crippen molar-refractivity contribution in [3.63, 3.8) is 0 Å². The van der Waals surface area contributed by atoms with Crippen LogP contribution in [0.15, 0.2) is 219 Å². The molecule has 0 aliphatic heterocycles. The molecule has 552 valence electrons. The Kier molecular flexibility index (Phi) is 25.3. The van der Waals surface area contributed by atoms with Gasteiger partial charge in [-0.15, -0.1) is 13.2 Å². The number of hydrogen-bond donors (Lipinski definition) is 9.